The molecule has 5 heteroatoms. The monoisotopic (exact) mass is 234 g/mol. The van der Waals surface area contributed by atoms with Crippen molar-refractivity contribution < 1.29 is 8.42 Å². The quantitative estimate of drug-likeness (QED) is 0.605. The minimum absolute atomic E-state index is 0.247. The van der Waals surface area contributed by atoms with Crippen LogP contribution < -0.4 is 5.32 Å². The molecule has 4 nitrogen and oxygen atoms in total. The first-order valence-electron chi connectivity index (χ1n) is 5.66. The summed E-state index contributed by atoms with van der Waals surface area (Å²) in [4.78, 5) is 2.33. The summed E-state index contributed by atoms with van der Waals surface area (Å²) < 4.78 is 22.3. The van der Waals surface area contributed by atoms with E-state index >= 15 is 0 Å². The molecule has 0 bridgehead atoms. The van der Waals surface area contributed by atoms with Gasteiger partial charge in [-0.15, -0.1) is 0 Å². The molecule has 15 heavy (non-hydrogen) atoms. The largest absolute Gasteiger partial charge is 0.314 e. The van der Waals surface area contributed by atoms with E-state index in [-0.39, 0.29) is 11.5 Å². The zero-order valence-electron chi connectivity index (χ0n) is 9.70. The van der Waals surface area contributed by atoms with Gasteiger partial charge in [0.15, 0.2) is 9.84 Å². The maximum atomic E-state index is 11.2. The van der Waals surface area contributed by atoms with Crippen LogP contribution in [0.1, 0.15) is 19.8 Å². The van der Waals surface area contributed by atoms with Crippen molar-refractivity contribution in [3.05, 3.63) is 0 Å². The van der Waals surface area contributed by atoms with Crippen LogP contribution in [0.2, 0.25) is 0 Å². The molecule has 1 N–H and O–H groups in total. The molecule has 1 aliphatic carbocycles. The number of nitrogens with zero attached hydrogens (tertiary/aromatic N) is 1. The highest BCUT2D eigenvalue weighted by Crippen LogP contribution is 2.24. The smallest absolute Gasteiger partial charge is 0.151 e. The second-order valence-corrected chi connectivity index (χ2v) is 6.67. The van der Waals surface area contributed by atoms with Gasteiger partial charge in [0.05, 0.1) is 5.75 Å². The van der Waals surface area contributed by atoms with Crippen molar-refractivity contribution in [3.8, 4) is 0 Å². The van der Waals surface area contributed by atoms with E-state index in [0.717, 1.165) is 19.1 Å². The van der Waals surface area contributed by atoms with Crippen LogP contribution in [0.15, 0.2) is 0 Å². The maximum absolute atomic E-state index is 11.2. The van der Waals surface area contributed by atoms with Gasteiger partial charge in [-0.3, -0.25) is 0 Å². The second-order valence-electron chi connectivity index (χ2n) is 4.20. The first-order valence-corrected chi connectivity index (χ1v) is 7.48. The molecule has 90 valence electrons. The molecule has 0 unspecified atom stereocenters. The Balaban J connectivity index is 1.97. The van der Waals surface area contributed by atoms with Gasteiger partial charge in [0.1, 0.15) is 0 Å². The van der Waals surface area contributed by atoms with E-state index in [2.05, 4.69) is 17.3 Å². The van der Waals surface area contributed by atoms with Crippen LogP contribution in [-0.4, -0.2) is 57.5 Å². The fourth-order valence-corrected chi connectivity index (χ4v) is 2.19. The summed E-state index contributed by atoms with van der Waals surface area (Å²) in [5, 5.41) is 3.17. The highest BCUT2D eigenvalue weighted by molar-refractivity contribution is 7.91. The third-order valence-electron chi connectivity index (χ3n) is 2.84. The summed E-state index contributed by atoms with van der Waals surface area (Å²) in [6.45, 7) is 4.16. The van der Waals surface area contributed by atoms with Gasteiger partial charge in [-0.05, 0) is 19.9 Å². The van der Waals surface area contributed by atoms with Gasteiger partial charge in [-0.2, -0.15) is 0 Å². The molecule has 0 aliphatic heterocycles. The summed E-state index contributed by atoms with van der Waals surface area (Å²) >= 11 is 0. The molecule has 0 aromatic carbocycles. The topological polar surface area (TPSA) is 49.4 Å². The van der Waals surface area contributed by atoms with Crippen LogP contribution in [0.5, 0.6) is 0 Å². The Bertz CT molecular complexity index is 273. The third kappa shape index (κ3) is 5.49. The molecular formula is C10H22N2O2S. The van der Waals surface area contributed by atoms with Gasteiger partial charge in [0.2, 0.25) is 0 Å². The minimum Gasteiger partial charge on any atom is -0.314 e. The summed E-state index contributed by atoms with van der Waals surface area (Å²) in [5.41, 5.74) is 0. The molecule has 0 aromatic heterocycles. The van der Waals surface area contributed by atoms with E-state index < -0.39 is 9.84 Å². The molecule has 1 aliphatic rings. The van der Waals surface area contributed by atoms with E-state index in [4.69, 9.17) is 0 Å². The van der Waals surface area contributed by atoms with Gasteiger partial charge in [-0.1, -0.05) is 6.92 Å². The Morgan fingerprint density at radius 3 is 2.53 bits per heavy atom. The molecule has 0 amide bonds. The third-order valence-corrected chi connectivity index (χ3v) is 4.55. The number of sulfone groups is 1. The zero-order chi connectivity index (χ0) is 11.3. The molecule has 0 spiro atoms. The normalized spacial score (nSPS) is 17.3. The molecular weight excluding hydrogens is 212 g/mol. The Labute approximate surface area is 93.0 Å². The Morgan fingerprint density at radius 1 is 1.33 bits per heavy atom. The molecule has 1 saturated carbocycles. The zero-order valence-corrected chi connectivity index (χ0v) is 10.5. The lowest BCUT2D eigenvalue weighted by Gasteiger charge is -2.15. The molecule has 0 heterocycles. The average Bonchev–Trinajstić information content (AvgIpc) is 3.00. The SMILES string of the molecule is CCS(=O)(=O)CCNCCN(C)C1CC1. The Hall–Kier alpha value is -0.130. The number of hydrogen-bond donors (Lipinski definition) is 1. The maximum Gasteiger partial charge on any atom is 0.151 e. The molecule has 1 fully saturated rings. The Morgan fingerprint density at radius 2 is 2.00 bits per heavy atom. The Kier molecular flexibility index (Phi) is 5.02. The van der Waals surface area contributed by atoms with Crippen molar-refractivity contribution in [1.29, 1.82) is 0 Å². The van der Waals surface area contributed by atoms with E-state index in [0.29, 0.717) is 6.54 Å². The highest BCUT2D eigenvalue weighted by Gasteiger charge is 2.25. The lowest BCUT2D eigenvalue weighted by molar-refractivity contribution is 0.323. The van der Waals surface area contributed by atoms with Crippen LogP contribution in [0.4, 0.5) is 0 Å². The van der Waals surface area contributed by atoms with Crippen molar-refractivity contribution in [2.24, 2.45) is 0 Å². The van der Waals surface area contributed by atoms with E-state index in [9.17, 15) is 8.42 Å². The molecule has 1 rings (SSSR count). The fourth-order valence-electron chi connectivity index (χ4n) is 1.45. The predicted octanol–water partition coefficient (Wildman–Crippen LogP) is 0.105. The number of nitrogens with one attached hydrogen (secondary N) is 1. The standard InChI is InChI=1S/C10H22N2O2S/c1-3-15(13,14)9-7-11-6-8-12(2)10-4-5-10/h10-11H,3-9H2,1-2H3. The van der Waals surface area contributed by atoms with Crippen molar-refractivity contribution in [1.82, 2.24) is 10.2 Å². The van der Waals surface area contributed by atoms with Gasteiger partial charge in [0, 0.05) is 31.4 Å². The van der Waals surface area contributed by atoms with Crippen molar-refractivity contribution in [2.45, 2.75) is 25.8 Å². The van der Waals surface area contributed by atoms with Crippen molar-refractivity contribution in [3.63, 3.8) is 0 Å². The molecule has 0 saturated heterocycles. The second kappa shape index (κ2) is 5.82. The van der Waals surface area contributed by atoms with Gasteiger partial charge in [-0.25, -0.2) is 8.42 Å². The summed E-state index contributed by atoms with van der Waals surface area (Å²) in [5.74, 6) is 0.507. The molecule has 0 atom stereocenters. The van der Waals surface area contributed by atoms with Crippen LogP contribution >= 0.6 is 0 Å². The number of rotatable bonds is 8. The number of likely N-dealkylation sites (N-methyl/N-ethyl adjacent to an activating group) is 1. The van der Waals surface area contributed by atoms with Crippen LogP contribution in [0.3, 0.4) is 0 Å². The fraction of sp³-hybridized carbons (Fsp3) is 1.00. The average molecular weight is 234 g/mol. The van der Waals surface area contributed by atoms with Gasteiger partial charge >= 0.3 is 0 Å². The van der Waals surface area contributed by atoms with Crippen molar-refractivity contribution >= 4 is 9.84 Å². The predicted molar refractivity (Wildman–Crippen MR) is 62.8 cm³/mol. The van der Waals surface area contributed by atoms with Crippen LogP contribution in [-0.2, 0) is 9.84 Å². The highest BCUT2D eigenvalue weighted by atomic mass is 32.2. The van der Waals surface area contributed by atoms with Gasteiger partial charge in [0.25, 0.3) is 0 Å². The lowest BCUT2D eigenvalue weighted by atomic mass is 10.5. The van der Waals surface area contributed by atoms with Crippen molar-refractivity contribution in [2.75, 3.05) is 38.2 Å². The van der Waals surface area contributed by atoms with Crippen LogP contribution in [0.25, 0.3) is 0 Å². The van der Waals surface area contributed by atoms with E-state index in [1.165, 1.54) is 12.8 Å². The minimum atomic E-state index is -2.80. The molecule has 0 aromatic rings. The summed E-state index contributed by atoms with van der Waals surface area (Å²) in [6.07, 6.45) is 2.64. The first kappa shape index (κ1) is 12.9. The lowest BCUT2D eigenvalue weighted by Crippen LogP contribution is -2.33. The van der Waals surface area contributed by atoms with Gasteiger partial charge < -0.3 is 10.2 Å². The van der Waals surface area contributed by atoms with E-state index in [1.807, 2.05) is 0 Å². The first-order chi connectivity index (χ1) is 7.05. The van der Waals surface area contributed by atoms with Crippen LogP contribution in [0, 0.1) is 0 Å². The summed E-state index contributed by atoms with van der Waals surface area (Å²) in [6, 6.07) is 0.783. The number of hydrogen-bond acceptors (Lipinski definition) is 4. The summed E-state index contributed by atoms with van der Waals surface area (Å²) in [7, 11) is -0.673. The van der Waals surface area contributed by atoms with E-state index in [1.54, 1.807) is 6.92 Å². The molecule has 0 radical (unpaired) electrons.